The van der Waals surface area contributed by atoms with Crippen molar-refractivity contribution in [2.45, 2.75) is 0 Å². The van der Waals surface area contributed by atoms with Crippen LogP contribution in [0.4, 0.5) is 5.82 Å². The number of rotatable bonds is 5. The van der Waals surface area contributed by atoms with E-state index in [9.17, 15) is 4.79 Å². The van der Waals surface area contributed by atoms with Crippen LogP contribution in [0.25, 0.3) is 0 Å². The number of carbonyl (C=O) groups is 1. The van der Waals surface area contributed by atoms with Gasteiger partial charge in [0.2, 0.25) is 11.7 Å². The third-order valence-corrected chi connectivity index (χ3v) is 1.75. The van der Waals surface area contributed by atoms with Crippen molar-refractivity contribution in [3.05, 3.63) is 23.9 Å². The molecule has 1 heterocycles. The Morgan fingerprint density at radius 3 is 2.93 bits per heavy atom. The lowest BCUT2D eigenvalue weighted by Crippen LogP contribution is -2.79. The standard InChI is InChI=1S/C9H13N3O2/c1-14-5-4-11-8-3-2-7(6-12-8)9(10)13/h2-3,6H,4-5H2,1H3,(H2,10,13)(H,11,12)/p+1. The second-order valence-corrected chi connectivity index (χ2v) is 2.82. The van der Waals surface area contributed by atoms with Gasteiger partial charge in [-0.3, -0.25) is 10.1 Å². The molecule has 0 spiro atoms. The summed E-state index contributed by atoms with van der Waals surface area (Å²) in [6, 6.07) is 3.42. The number of hydrogen-bond donors (Lipinski definition) is 2. The van der Waals surface area contributed by atoms with Crippen molar-refractivity contribution in [1.29, 1.82) is 0 Å². The van der Waals surface area contributed by atoms with Crippen LogP contribution in [0.5, 0.6) is 0 Å². The first-order valence-electron chi connectivity index (χ1n) is 4.32. The second-order valence-electron chi connectivity index (χ2n) is 2.82. The molecular weight excluding hydrogens is 182 g/mol. The van der Waals surface area contributed by atoms with Gasteiger partial charge in [0.15, 0.2) is 0 Å². The zero-order chi connectivity index (χ0) is 10.4. The van der Waals surface area contributed by atoms with Gasteiger partial charge < -0.3 is 10.5 Å². The van der Waals surface area contributed by atoms with E-state index in [1.54, 1.807) is 19.2 Å². The fourth-order valence-electron chi connectivity index (χ4n) is 0.996. The minimum absolute atomic E-state index is 0.425. The highest BCUT2D eigenvalue weighted by atomic mass is 16.5. The number of quaternary nitrogens is 1. The predicted molar refractivity (Wildman–Crippen MR) is 51.1 cm³/mol. The zero-order valence-electron chi connectivity index (χ0n) is 8.06. The maximum Gasteiger partial charge on any atom is 0.250 e. The number of hydrogen-bond acceptors (Lipinski definition) is 3. The molecule has 0 unspecified atom stereocenters. The molecule has 1 amide bonds. The molecule has 0 aliphatic carbocycles. The maximum atomic E-state index is 10.7. The van der Waals surface area contributed by atoms with Crippen LogP contribution < -0.4 is 11.1 Å². The molecule has 0 aliphatic heterocycles. The molecule has 14 heavy (non-hydrogen) atoms. The number of pyridine rings is 1. The summed E-state index contributed by atoms with van der Waals surface area (Å²) in [6.07, 6.45) is 1.47. The Morgan fingerprint density at radius 1 is 1.64 bits per heavy atom. The Bertz CT molecular complexity index is 297. The lowest BCUT2D eigenvalue weighted by Gasteiger charge is -1.99. The highest BCUT2D eigenvalue weighted by Crippen LogP contribution is 1.98. The first kappa shape index (κ1) is 10.6. The number of primary amides is 1. The van der Waals surface area contributed by atoms with Gasteiger partial charge >= 0.3 is 0 Å². The minimum atomic E-state index is -0.457. The van der Waals surface area contributed by atoms with Crippen LogP contribution in [0, 0.1) is 0 Å². The smallest absolute Gasteiger partial charge is 0.250 e. The molecule has 0 bridgehead atoms. The van der Waals surface area contributed by atoms with Gasteiger partial charge in [0.25, 0.3) is 0 Å². The minimum Gasteiger partial charge on any atom is -0.379 e. The Kier molecular flexibility index (Phi) is 4.03. The SMILES string of the molecule is COCC[NH2+]c1ccc(C(N)=O)cn1. The largest absolute Gasteiger partial charge is 0.379 e. The van der Waals surface area contributed by atoms with Gasteiger partial charge in [-0.2, -0.15) is 0 Å². The summed E-state index contributed by atoms with van der Waals surface area (Å²) in [4.78, 5) is 14.8. The van der Waals surface area contributed by atoms with Crippen molar-refractivity contribution < 1.29 is 14.8 Å². The van der Waals surface area contributed by atoms with Crippen molar-refractivity contribution in [3.63, 3.8) is 0 Å². The van der Waals surface area contributed by atoms with E-state index in [2.05, 4.69) is 4.98 Å². The zero-order valence-corrected chi connectivity index (χ0v) is 8.06. The van der Waals surface area contributed by atoms with E-state index in [0.717, 1.165) is 12.4 Å². The van der Waals surface area contributed by atoms with E-state index in [0.29, 0.717) is 12.2 Å². The third-order valence-electron chi connectivity index (χ3n) is 1.75. The van der Waals surface area contributed by atoms with Crippen molar-refractivity contribution in [2.75, 3.05) is 20.3 Å². The van der Waals surface area contributed by atoms with E-state index in [1.807, 2.05) is 5.32 Å². The lowest BCUT2D eigenvalue weighted by atomic mass is 10.3. The van der Waals surface area contributed by atoms with E-state index in [1.165, 1.54) is 6.20 Å². The van der Waals surface area contributed by atoms with Gasteiger partial charge in [-0.15, -0.1) is 0 Å². The van der Waals surface area contributed by atoms with E-state index in [4.69, 9.17) is 10.5 Å². The molecule has 4 N–H and O–H groups in total. The molecule has 5 heteroatoms. The Labute approximate surface area is 82.3 Å². The number of aromatic nitrogens is 1. The molecule has 1 aromatic rings. The molecular formula is C9H14N3O2+. The first-order chi connectivity index (χ1) is 6.74. The van der Waals surface area contributed by atoms with Crippen LogP contribution >= 0.6 is 0 Å². The van der Waals surface area contributed by atoms with E-state index < -0.39 is 5.91 Å². The van der Waals surface area contributed by atoms with Crippen molar-refractivity contribution >= 4 is 11.7 Å². The summed E-state index contributed by atoms with van der Waals surface area (Å²) in [5.74, 6) is 0.369. The van der Waals surface area contributed by atoms with Gasteiger partial charge in [-0.25, -0.2) is 4.98 Å². The number of nitrogens with zero attached hydrogens (tertiary/aromatic N) is 1. The number of ether oxygens (including phenoxy) is 1. The van der Waals surface area contributed by atoms with E-state index in [-0.39, 0.29) is 0 Å². The van der Waals surface area contributed by atoms with Gasteiger partial charge in [0.05, 0.1) is 12.2 Å². The third kappa shape index (κ3) is 3.12. The van der Waals surface area contributed by atoms with Crippen molar-refractivity contribution in [2.24, 2.45) is 5.73 Å². The Balaban J connectivity index is 2.51. The Morgan fingerprint density at radius 2 is 2.43 bits per heavy atom. The quantitative estimate of drug-likeness (QED) is 0.594. The average molecular weight is 196 g/mol. The molecule has 0 atom stereocenters. The fraction of sp³-hybridized carbons (Fsp3) is 0.333. The lowest BCUT2D eigenvalue weighted by molar-refractivity contribution is -0.577. The summed E-state index contributed by atoms with van der Waals surface area (Å²) in [7, 11) is 1.65. The van der Waals surface area contributed by atoms with Gasteiger partial charge in [0.1, 0.15) is 6.54 Å². The summed E-state index contributed by atoms with van der Waals surface area (Å²) in [5.41, 5.74) is 5.50. The average Bonchev–Trinajstić information content (AvgIpc) is 2.19. The monoisotopic (exact) mass is 196 g/mol. The molecule has 1 aromatic heterocycles. The van der Waals surface area contributed by atoms with Crippen LogP contribution in [0.2, 0.25) is 0 Å². The molecule has 76 valence electrons. The van der Waals surface area contributed by atoms with Crippen LogP contribution in [0.1, 0.15) is 10.4 Å². The number of nitrogens with two attached hydrogens (primary N) is 2. The fourth-order valence-corrected chi connectivity index (χ4v) is 0.996. The molecule has 0 aromatic carbocycles. The maximum absolute atomic E-state index is 10.7. The van der Waals surface area contributed by atoms with Gasteiger partial charge in [0, 0.05) is 19.4 Å². The van der Waals surface area contributed by atoms with Crippen LogP contribution in [0.15, 0.2) is 18.3 Å². The summed E-state index contributed by atoms with van der Waals surface area (Å²) in [5, 5.41) is 1.94. The molecule has 0 saturated heterocycles. The normalized spacial score (nSPS) is 10.1. The van der Waals surface area contributed by atoms with Crippen molar-refractivity contribution in [1.82, 2.24) is 4.98 Å². The topological polar surface area (TPSA) is 81.8 Å². The van der Waals surface area contributed by atoms with Gasteiger partial charge in [-0.1, -0.05) is 0 Å². The molecule has 0 radical (unpaired) electrons. The number of methoxy groups -OCH3 is 1. The summed E-state index contributed by atoms with van der Waals surface area (Å²) in [6.45, 7) is 1.47. The number of amides is 1. The second kappa shape index (κ2) is 5.31. The predicted octanol–water partition coefficient (Wildman–Crippen LogP) is -0.978. The van der Waals surface area contributed by atoms with Gasteiger partial charge in [-0.05, 0) is 6.07 Å². The molecule has 0 saturated carbocycles. The molecule has 0 aliphatic rings. The first-order valence-corrected chi connectivity index (χ1v) is 4.32. The molecule has 0 fully saturated rings. The molecule has 5 nitrogen and oxygen atoms in total. The molecule has 1 rings (SSSR count). The summed E-state index contributed by atoms with van der Waals surface area (Å²) >= 11 is 0. The highest BCUT2D eigenvalue weighted by molar-refractivity contribution is 5.92. The highest BCUT2D eigenvalue weighted by Gasteiger charge is 2.02. The van der Waals surface area contributed by atoms with E-state index >= 15 is 0 Å². The van der Waals surface area contributed by atoms with Crippen LogP contribution in [-0.2, 0) is 4.74 Å². The van der Waals surface area contributed by atoms with Crippen LogP contribution in [-0.4, -0.2) is 31.2 Å². The Hall–Kier alpha value is -1.46. The number of carbonyl (C=O) groups excluding carboxylic acids is 1. The van der Waals surface area contributed by atoms with Crippen molar-refractivity contribution in [3.8, 4) is 0 Å². The van der Waals surface area contributed by atoms with Crippen LogP contribution in [0.3, 0.4) is 0 Å². The summed E-state index contributed by atoms with van der Waals surface area (Å²) < 4.78 is 4.89.